The van der Waals surface area contributed by atoms with Gasteiger partial charge in [-0.25, -0.2) is 8.78 Å². The standard InChI is InChI=1S/C25H22F2OS/c1-3-5-16-6-10-20(22(26)12-16)17-8-11-21(23(27)13-17)25-14-18-7-9-19(28-4-2)15-24(18)29-25/h6-15H,3-5H2,1-2H3. The molecule has 1 aromatic heterocycles. The second-order valence-corrected chi connectivity index (χ2v) is 8.09. The average Bonchev–Trinajstić information content (AvgIpc) is 3.11. The summed E-state index contributed by atoms with van der Waals surface area (Å²) in [7, 11) is 0. The lowest BCUT2D eigenvalue weighted by atomic mass is 9.99. The van der Waals surface area contributed by atoms with Gasteiger partial charge >= 0.3 is 0 Å². The number of fused-ring (bicyclic) bond motifs is 1. The number of benzene rings is 3. The van der Waals surface area contributed by atoms with E-state index in [0.717, 1.165) is 39.1 Å². The van der Waals surface area contributed by atoms with Crippen LogP contribution in [0.2, 0.25) is 0 Å². The highest BCUT2D eigenvalue weighted by Gasteiger charge is 2.13. The van der Waals surface area contributed by atoms with Crippen molar-refractivity contribution < 1.29 is 13.5 Å². The summed E-state index contributed by atoms with van der Waals surface area (Å²) in [5.74, 6) is 0.149. The van der Waals surface area contributed by atoms with Crippen molar-refractivity contribution in [1.29, 1.82) is 0 Å². The van der Waals surface area contributed by atoms with Gasteiger partial charge in [0.2, 0.25) is 0 Å². The van der Waals surface area contributed by atoms with E-state index in [1.807, 2.05) is 37.3 Å². The van der Waals surface area contributed by atoms with E-state index in [2.05, 4.69) is 6.92 Å². The van der Waals surface area contributed by atoms with Crippen LogP contribution in [0.3, 0.4) is 0 Å². The molecule has 0 fully saturated rings. The van der Waals surface area contributed by atoms with Crippen molar-refractivity contribution in [2.24, 2.45) is 0 Å². The molecule has 0 amide bonds. The molecule has 1 nitrogen and oxygen atoms in total. The minimum absolute atomic E-state index is 0.312. The molecule has 0 aliphatic rings. The number of hydrogen-bond donors (Lipinski definition) is 0. The third kappa shape index (κ3) is 4.03. The van der Waals surface area contributed by atoms with Gasteiger partial charge in [0.15, 0.2) is 0 Å². The van der Waals surface area contributed by atoms with Gasteiger partial charge in [0.05, 0.1) is 6.61 Å². The predicted octanol–water partition coefficient (Wildman–Crippen LogP) is 7.86. The maximum Gasteiger partial charge on any atom is 0.132 e. The Hall–Kier alpha value is -2.72. The number of thiophene rings is 1. The monoisotopic (exact) mass is 408 g/mol. The van der Waals surface area contributed by atoms with Crippen molar-refractivity contribution in [2.75, 3.05) is 6.61 Å². The molecule has 0 saturated carbocycles. The second kappa shape index (κ2) is 8.34. The summed E-state index contributed by atoms with van der Waals surface area (Å²) in [6, 6.07) is 18.0. The fraction of sp³-hybridized carbons (Fsp3) is 0.200. The molecular weight excluding hydrogens is 386 g/mol. The number of ether oxygens (including phenoxy) is 1. The van der Waals surface area contributed by atoms with Gasteiger partial charge in [-0.15, -0.1) is 11.3 Å². The second-order valence-electron chi connectivity index (χ2n) is 7.00. The summed E-state index contributed by atoms with van der Waals surface area (Å²) in [4.78, 5) is 0.844. The first-order valence-corrected chi connectivity index (χ1v) is 10.7. The number of rotatable bonds is 6. The summed E-state index contributed by atoms with van der Waals surface area (Å²) in [5, 5.41) is 1.05. The first-order valence-electron chi connectivity index (χ1n) is 9.84. The fourth-order valence-electron chi connectivity index (χ4n) is 3.52. The summed E-state index contributed by atoms with van der Waals surface area (Å²) in [6.45, 7) is 4.61. The van der Waals surface area contributed by atoms with Crippen LogP contribution in [0.25, 0.3) is 31.7 Å². The Morgan fingerprint density at radius 2 is 1.62 bits per heavy atom. The molecule has 0 aliphatic carbocycles. The predicted molar refractivity (Wildman–Crippen MR) is 118 cm³/mol. The van der Waals surface area contributed by atoms with E-state index in [9.17, 15) is 8.78 Å². The summed E-state index contributed by atoms with van der Waals surface area (Å²) in [5.41, 5.74) is 2.46. The van der Waals surface area contributed by atoms with E-state index in [-0.39, 0.29) is 11.6 Å². The van der Waals surface area contributed by atoms with Gasteiger partial charge in [0.1, 0.15) is 17.4 Å². The third-order valence-corrected chi connectivity index (χ3v) is 6.05. The zero-order valence-corrected chi connectivity index (χ0v) is 17.3. The van der Waals surface area contributed by atoms with Crippen LogP contribution in [0.5, 0.6) is 5.75 Å². The highest BCUT2D eigenvalue weighted by Crippen LogP contribution is 2.38. The lowest BCUT2D eigenvalue weighted by Gasteiger charge is -2.08. The molecule has 0 saturated heterocycles. The van der Waals surface area contributed by atoms with Crippen LogP contribution in [-0.4, -0.2) is 6.61 Å². The molecule has 29 heavy (non-hydrogen) atoms. The largest absolute Gasteiger partial charge is 0.494 e. The van der Waals surface area contributed by atoms with Gasteiger partial charge in [0.25, 0.3) is 0 Å². The van der Waals surface area contributed by atoms with Gasteiger partial charge in [0, 0.05) is 20.7 Å². The molecule has 1 heterocycles. The van der Waals surface area contributed by atoms with Crippen LogP contribution in [0.15, 0.2) is 60.7 Å². The van der Waals surface area contributed by atoms with E-state index >= 15 is 0 Å². The molecule has 0 spiro atoms. The molecule has 3 aromatic carbocycles. The lowest BCUT2D eigenvalue weighted by molar-refractivity contribution is 0.341. The average molecular weight is 409 g/mol. The van der Waals surface area contributed by atoms with Crippen LogP contribution >= 0.6 is 11.3 Å². The van der Waals surface area contributed by atoms with Gasteiger partial charge in [-0.2, -0.15) is 0 Å². The molecule has 0 bridgehead atoms. The van der Waals surface area contributed by atoms with E-state index in [1.165, 1.54) is 17.4 Å². The lowest BCUT2D eigenvalue weighted by Crippen LogP contribution is -1.91. The smallest absolute Gasteiger partial charge is 0.132 e. The quantitative estimate of drug-likeness (QED) is 0.315. The van der Waals surface area contributed by atoms with Crippen LogP contribution in [0.1, 0.15) is 25.8 Å². The van der Waals surface area contributed by atoms with Gasteiger partial charge < -0.3 is 4.74 Å². The zero-order valence-electron chi connectivity index (χ0n) is 16.5. The maximum atomic E-state index is 14.9. The first-order chi connectivity index (χ1) is 14.1. The van der Waals surface area contributed by atoms with E-state index in [1.54, 1.807) is 24.3 Å². The molecule has 0 unspecified atom stereocenters. The Bertz CT molecular complexity index is 1160. The Morgan fingerprint density at radius 3 is 2.34 bits per heavy atom. The summed E-state index contributed by atoms with van der Waals surface area (Å²) >= 11 is 1.52. The van der Waals surface area contributed by atoms with Gasteiger partial charge in [-0.3, -0.25) is 0 Å². The molecule has 0 atom stereocenters. The topological polar surface area (TPSA) is 9.23 Å². The minimum atomic E-state index is -0.351. The molecule has 4 heteroatoms. The Kier molecular flexibility index (Phi) is 5.63. The van der Waals surface area contributed by atoms with Crippen molar-refractivity contribution >= 4 is 21.4 Å². The molecule has 148 valence electrons. The molecule has 4 aromatic rings. The van der Waals surface area contributed by atoms with Crippen molar-refractivity contribution in [3.05, 3.63) is 77.9 Å². The zero-order chi connectivity index (χ0) is 20.4. The fourth-order valence-corrected chi connectivity index (χ4v) is 4.64. The molecule has 0 aliphatic heterocycles. The summed E-state index contributed by atoms with van der Waals surface area (Å²) in [6.07, 6.45) is 1.80. The van der Waals surface area contributed by atoms with Gasteiger partial charge in [-0.1, -0.05) is 31.5 Å². The van der Waals surface area contributed by atoms with Crippen LogP contribution in [0, 0.1) is 11.6 Å². The SMILES string of the molecule is CCCc1ccc(-c2ccc(-c3cc4ccc(OCC)cc4s3)c(F)c2)c(F)c1. The maximum absolute atomic E-state index is 14.9. The third-order valence-electron chi connectivity index (χ3n) is 4.92. The van der Waals surface area contributed by atoms with Gasteiger partial charge in [-0.05, 0) is 72.3 Å². The Morgan fingerprint density at radius 1 is 0.828 bits per heavy atom. The molecule has 0 N–H and O–H groups in total. The molecule has 0 radical (unpaired) electrons. The molecular formula is C25H22F2OS. The van der Waals surface area contributed by atoms with Crippen molar-refractivity contribution in [2.45, 2.75) is 26.7 Å². The van der Waals surface area contributed by atoms with Crippen molar-refractivity contribution in [3.8, 4) is 27.3 Å². The summed E-state index contributed by atoms with van der Waals surface area (Å²) < 4.78 is 36.1. The van der Waals surface area contributed by atoms with Crippen molar-refractivity contribution in [1.82, 2.24) is 0 Å². The van der Waals surface area contributed by atoms with Crippen LogP contribution < -0.4 is 4.74 Å². The minimum Gasteiger partial charge on any atom is -0.494 e. The van der Waals surface area contributed by atoms with E-state index in [4.69, 9.17) is 4.74 Å². The van der Waals surface area contributed by atoms with Crippen LogP contribution in [0.4, 0.5) is 8.78 Å². The first kappa shape index (κ1) is 19.6. The van der Waals surface area contributed by atoms with E-state index < -0.39 is 0 Å². The normalized spacial score (nSPS) is 11.2. The number of halogens is 2. The number of hydrogen-bond acceptors (Lipinski definition) is 2. The molecule has 4 rings (SSSR count). The highest BCUT2D eigenvalue weighted by molar-refractivity contribution is 7.22. The van der Waals surface area contributed by atoms with Crippen molar-refractivity contribution in [3.63, 3.8) is 0 Å². The van der Waals surface area contributed by atoms with Crippen LogP contribution in [-0.2, 0) is 6.42 Å². The Labute approximate surface area is 173 Å². The Balaban J connectivity index is 1.68. The highest BCUT2D eigenvalue weighted by atomic mass is 32.1. The number of aryl methyl sites for hydroxylation is 1. The van der Waals surface area contributed by atoms with E-state index in [0.29, 0.717) is 23.3 Å².